The number of amides is 1. The first-order valence-electron chi connectivity index (χ1n) is 9.71. The molecule has 1 spiro atoms. The molecule has 1 saturated heterocycles. The molecule has 1 fully saturated rings. The summed E-state index contributed by atoms with van der Waals surface area (Å²) in [6.45, 7) is 1.73. The van der Waals surface area contributed by atoms with Crippen LogP contribution in [0, 0.1) is 0 Å². The fourth-order valence-electron chi connectivity index (χ4n) is 4.45. The first-order chi connectivity index (χ1) is 14.1. The number of pyridine rings is 1. The van der Waals surface area contributed by atoms with Gasteiger partial charge in [0.25, 0.3) is 5.91 Å². The molecule has 0 bridgehead atoms. The van der Waals surface area contributed by atoms with Gasteiger partial charge in [-0.3, -0.25) is 9.78 Å². The first-order valence-corrected chi connectivity index (χ1v) is 10.5. The van der Waals surface area contributed by atoms with E-state index in [0.717, 1.165) is 27.8 Å². The zero-order valence-corrected chi connectivity index (χ0v) is 16.6. The van der Waals surface area contributed by atoms with E-state index in [4.69, 9.17) is 4.74 Å². The summed E-state index contributed by atoms with van der Waals surface area (Å²) in [6, 6.07) is 11.3. The number of piperidine rings is 1. The van der Waals surface area contributed by atoms with E-state index < -0.39 is 11.6 Å². The molecule has 1 aromatic carbocycles. The average molecular weight is 408 g/mol. The largest absolute Gasteiger partial charge is 0.477 e. The van der Waals surface area contributed by atoms with Crippen molar-refractivity contribution in [1.29, 1.82) is 0 Å². The molecule has 29 heavy (non-hydrogen) atoms. The smallest absolute Gasteiger partial charge is 0.345 e. The van der Waals surface area contributed by atoms with Gasteiger partial charge in [0.15, 0.2) is 0 Å². The molecule has 0 saturated carbocycles. The lowest BCUT2D eigenvalue weighted by atomic mass is 9.82. The summed E-state index contributed by atoms with van der Waals surface area (Å²) in [7, 11) is 0. The van der Waals surface area contributed by atoms with Crippen molar-refractivity contribution < 1.29 is 19.4 Å². The van der Waals surface area contributed by atoms with Gasteiger partial charge in [0.1, 0.15) is 4.88 Å². The lowest BCUT2D eigenvalue weighted by Crippen LogP contribution is -2.48. The van der Waals surface area contributed by atoms with E-state index in [0.29, 0.717) is 43.0 Å². The van der Waals surface area contributed by atoms with E-state index in [1.54, 1.807) is 12.3 Å². The Morgan fingerprint density at radius 1 is 1.17 bits per heavy atom. The number of para-hydroxylation sites is 1. The van der Waals surface area contributed by atoms with Crippen LogP contribution in [0.3, 0.4) is 0 Å². The van der Waals surface area contributed by atoms with Crippen molar-refractivity contribution in [1.82, 2.24) is 9.88 Å². The SMILES string of the molecule is O=C(O)c1cc2c(s1)CCOC21CCN(C(=O)c2cccc3cccnc23)CC1. The maximum atomic E-state index is 13.2. The summed E-state index contributed by atoms with van der Waals surface area (Å²) in [5.41, 5.74) is 1.87. The topological polar surface area (TPSA) is 79.7 Å². The summed E-state index contributed by atoms with van der Waals surface area (Å²) in [6.07, 6.45) is 3.79. The molecule has 0 atom stereocenters. The number of benzene rings is 1. The van der Waals surface area contributed by atoms with Crippen LogP contribution in [0.2, 0.25) is 0 Å². The van der Waals surface area contributed by atoms with Crippen LogP contribution in [-0.4, -0.2) is 46.6 Å². The summed E-state index contributed by atoms with van der Waals surface area (Å²) in [5, 5.41) is 10.3. The number of aromatic carboxylic acids is 1. The third kappa shape index (κ3) is 3.01. The van der Waals surface area contributed by atoms with Crippen molar-refractivity contribution in [2.45, 2.75) is 24.9 Å². The van der Waals surface area contributed by atoms with Crippen LogP contribution in [0.1, 0.15) is 43.3 Å². The van der Waals surface area contributed by atoms with E-state index in [9.17, 15) is 14.7 Å². The van der Waals surface area contributed by atoms with E-state index >= 15 is 0 Å². The number of hydrogen-bond donors (Lipinski definition) is 1. The van der Waals surface area contributed by atoms with Crippen LogP contribution in [0.5, 0.6) is 0 Å². The number of thiophene rings is 1. The summed E-state index contributed by atoms with van der Waals surface area (Å²) in [4.78, 5) is 32.3. The number of likely N-dealkylation sites (tertiary alicyclic amines) is 1. The molecular weight excluding hydrogens is 388 g/mol. The maximum absolute atomic E-state index is 13.2. The molecular formula is C22H20N2O4S. The summed E-state index contributed by atoms with van der Waals surface area (Å²) < 4.78 is 6.19. The number of ether oxygens (including phenoxy) is 1. The first kappa shape index (κ1) is 18.3. The molecule has 0 radical (unpaired) electrons. The summed E-state index contributed by atoms with van der Waals surface area (Å²) in [5.74, 6) is -0.910. The number of carboxylic acids is 1. The van der Waals surface area contributed by atoms with Crippen molar-refractivity contribution in [3.8, 4) is 0 Å². The second-order valence-electron chi connectivity index (χ2n) is 7.52. The highest BCUT2D eigenvalue weighted by molar-refractivity contribution is 7.14. The zero-order valence-electron chi connectivity index (χ0n) is 15.8. The molecule has 1 amide bonds. The average Bonchev–Trinajstić information content (AvgIpc) is 3.20. The Morgan fingerprint density at radius 3 is 2.76 bits per heavy atom. The van der Waals surface area contributed by atoms with Gasteiger partial charge in [0, 0.05) is 36.0 Å². The number of nitrogens with zero attached hydrogens (tertiary/aromatic N) is 2. The van der Waals surface area contributed by atoms with E-state index in [1.807, 2.05) is 35.2 Å². The molecule has 4 heterocycles. The number of aromatic nitrogens is 1. The van der Waals surface area contributed by atoms with Gasteiger partial charge in [-0.1, -0.05) is 18.2 Å². The van der Waals surface area contributed by atoms with Crippen LogP contribution in [0.15, 0.2) is 42.6 Å². The number of carbonyl (C=O) groups is 2. The van der Waals surface area contributed by atoms with Gasteiger partial charge in [-0.25, -0.2) is 4.79 Å². The number of hydrogen-bond acceptors (Lipinski definition) is 5. The molecule has 0 unspecified atom stereocenters. The normalized spacial score (nSPS) is 18.0. The van der Waals surface area contributed by atoms with Crippen molar-refractivity contribution in [3.63, 3.8) is 0 Å². The number of fused-ring (bicyclic) bond motifs is 3. The maximum Gasteiger partial charge on any atom is 0.345 e. The van der Waals surface area contributed by atoms with E-state index in [1.165, 1.54) is 11.3 Å². The van der Waals surface area contributed by atoms with Gasteiger partial charge in [-0.05, 0) is 36.6 Å². The van der Waals surface area contributed by atoms with Crippen molar-refractivity contribution in [2.24, 2.45) is 0 Å². The van der Waals surface area contributed by atoms with Gasteiger partial charge in [-0.2, -0.15) is 0 Å². The van der Waals surface area contributed by atoms with Crippen molar-refractivity contribution in [3.05, 3.63) is 63.5 Å². The van der Waals surface area contributed by atoms with Crippen molar-refractivity contribution >= 4 is 34.1 Å². The Bertz CT molecular complexity index is 1110. The molecule has 148 valence electrons. The quantitative estimate of drug-likeness (QED) is 0.699. The fourth-order valence-corrected chi connectivity index (χ4v) is 5.52. The van der Waals surface area contributed by atoms with Gasteiger partial charge < -0.3 is 14.7 Å². The Kier molecular flexibility index (Phi) is 4.37. The van der Waals surface area contributed by atoms with Crippen LogP contribution >= 0.6 is 11.3 Å². The Hall–Kier alpha value is -2.77. The van der Waals surface area contributed by atoms with Crippen LogP contribution in [0.25, 0.3) is 10.9 Å². The van der Waals surface area contributed by atoms with Crippen molar-refractivity contribution in [2.75, 3.05) is 19.7 Å². The highest BCUT2D eigenvalue weighted by Gasteiger charge is 2.43. The number of carboxylic acid groups (broad SMARTS) is 1. The molecule has 1 N–H and O–H groups in total. The second kappa shape index (κ2) is 6.93. The molecule has 3 aromatic rings. The molecule has 5 rings (SSSR count). The van der Waals surface area contributed by atoms with E-state index in [-0.39, 0.29) is 5.91 Å². The minimum absolute atomic E-state index is 0.0169. The minimum atomic E-state index is -0.893. The Balaban J connectivity index is 1.40. The highest BCUT2D eigenvalue weighted by atomic mass is 32.1. The molecule has 2 aliphatic rings. The lowest BCUT2D eigenvalue weighted by molar-refractivity contribution is -0.0926. The minimum Gasteiger partial charge on any atom is -0.477 e. The molecule has 0 aliphatic carbocycles. The monoisotopic (exact) mass is 408 g/mol. The molecule has 2 aliphatic heterocycles. The third-order valence-electron chi connectivity index (χ3n) is 5.94. The highest BCUT2D eigenvalue weighted by Crippen LogP contribution is 2.44. The predicted octanol–water partition coefficient (Wildman–Crippen LogP) is 3.70. The molecule has 7 heteroatoms. The molecule has 2 aromatic heterocycles. The third-order valence-corrected chi connectivity index (χ3v) is 7.12. The lowest BCUT2D eigenvalue weighted by Gasteiger charge is -2.44. The Morgan fingerprint density at radius 2 is 1.97 bits per heavy atom. The van der Waals surface area contributed by atoms with E-state index in [2.05, 4.69) is 4.98 Å². The van der Waals surface area contributed by atoms with Gasteiger partial charge in [0.2, 0.25) is 0 Å². The number of carbonyl (C=O) groups excluding carboxylic acids is 1. The fraction of sp³-hybridized carbons (Fsp3) is 0.318. The van der Waals surface area contributed by atoms with Crippen LogP contribution < -0.4 is 0 Å². The second-order valence-corrected chi connectivity index (χ2v) is 8.66. The van der Waals surface area contributed by atoms with Crippen LogP contribution in [0.4, 0.5) is 0 Å². The van der Waals surface area contributed by atoms with Gasteiger partial charge >= 0.3 is 5.97 Å². The summed E-state index contributed by atoms with van der Waals surface area (Å²) >= 11 is 1.35. The standard InChI is InChI=1S/C22H20N2O4S/c25-20(15-5-1-3-14-4-2-9-23-19(14)15)24-10-7-22(8-11-24)16-13-18(21(26)27)29-17(16)6-12-28-22/h1-5,9,13H,6-8,10-12H2,(H,26,27). The number of rotatable bonds is 2. The van der Waals surface area contributed by atoms with Crippen LogP contribution in [-0.2, 0) is 16.8 Å². The predicted molar refractivity (Wildman–Crippen MR) is 109 cm³/mol. The van der Waals surface area contributed by atoms with Gasteiger partial charge in [0.05, 0.1) is 23.3 Å². The Labute approximate surface area is 171 Å². The zero-order chi connectivity index (χ0) is 20.0. The van der Waals surface area contributed by atoms with Gasteiger partial charge in [-0.15, -0.1) is 11.3 Å². The molecule has 6 nitrogen and oxygen atoms in total.